The van der Waals surface area contributed by atoms with Crippen LogP contribution in [0.15, 0.2) is 18.2 Å². The summed E-state index contributed by atoms with van der Waals surface area (Å²) in [7, 11) is -1.98. The lowest BCUT2D eigenvalue weighted by Gasteiger charge is -2.15. The predicted octanol–water partition coefficient (Wildman–Crippen LogP) is 0.431. The molecule has 0 saturated carbocycles. The maximum atomic E-state index is 12.7. The monoisotopic (exact) mass is 262 g/mol. The second-order valence-electron chi connectivity index (χ2n) is 3.83. The van der Waals surface area contributed by atoms with Gasteiger partial charge in [-0.1, -0.05) is 12.1 Å². The predicted molar refractivity (Wildman–Crippen MR) is 55.9 cm³/mol. The molecule has 1 fully saturated rings. The molecule has 1 saturated heterocycles. The molecule has 2 N–H and O–H groups in total. The van der Waals surface area contributed by atoms with Crippen molar-refractivity contribution in [3.05, 3.63) is 29.3 Å². The van der Waals surface area contributed by atoms with Gasteiger partial charge in [-0.2, -0.15) is 13.2 Å². The fourth-order valence-corrected chi connectivity index (χ4v) is 1.68. The van der Waals surface area contributed by atoms with Gasteiger partial charge in [0.05, 0.1) is 18.8 Å². The summed E-state index contributed by atoms with van der Waals surface area (Å²) in [6.07, 6.45) is -5.47. The maximum absolute atomic E-state index is 12.7. The van der Waals surface area contributed by atoms with Crippen molar-refractivity contribution in [2.24, 2.45) is 0 Å². The molecule has 2 rings (SSSR count). The van der Waals surface area contributed by atoms with E-state index in [1.165, 1.54) is 6.07 Å². The quantitative estimate of drug-likeness (QED) is 0.759. The number of rotatable bonds is 2. The lowest BCUT2D eigenvalue weighted by molar-refractivity contribution is -0.137. The van der Waals surface area contributed by atoms with Crippen LogP contribution in [-0.4, -0.2) is 30.4 Å². The third-order valence-corrected chi connectivity index (χ3v) is 2.50. The first-order valence-corrected chi connectivity index (χ1v) is 5.19. The summed E-state index contributed by atoms with van der Waals surface area (Å²) in [5.41, 5.74) is -1.11. The van der Waals surface area contributed by atoms with E-state index in [2.05, 4.69) is 0 Å². The van der Waals surface area contributed by atoms with Gasteiger partial charge >= 0.3 is 13.3 Å². The van der Waals surface area contributed by atoms with Crippen LogP contribution in [0.3, 0.4) is 0 Å². The highest BCUT2D eigenvalue weighted by Crippen LogP contribution is 2.32. The summed E-state index contributed by atoms with van der Waals surface area (Å²) >= 11 is 0. The molecule has 0 bridgehead atoms. The van der Waals surface area contributed by atoms with Crippen molar-refractivity contribution in [2.75, 3.05) is 13.2 Å². The molecule has 1 aromatic carbocycles. The molecule has 0 aromatic heterocycles. The second kappa shape index (κ2) is 4.89. The highest BCUT2D eigenvalue weighted by atomic mass is 19.4. The smallest absolute Gasteiger partial charge is 0.423 e. The first kappa shape index (κ1) is 13.3. The van der Waals surface area contributed by atoms with E-state index in [-0.39, 0.29) is 24.2 Å². The van der Waals surface area contributed by atoms with Crippen molar-refractivity contribution in [1.29, 1.82) is 0 Å². The van der Waals surface area contributed by atoms with Crippen LogP contribution in [0, 0.1) is 0 Å². The summed E-state index contributed by atoms with van der Waals surface area (Å²) in [6.45, 7) is 0.579. The number of hydrogen-bond donors (Lipinski definition) is 2. The Bertz CT molecular complexity index is 430. The van der Waals surface area contributed by atoms with Gasteiger partial charge in [0.25, 0.3) is 0 Å². The molecule has 0 amide bonds. The number of hydrogen-bond acceptors (Lipinski definition) is 4. The Morgan fingerprint density at radius 3 is 2.22 bits per heavy atom. The molecule has 1 aliphatic rings. The van der Waals surface area contributed by atoms with Gasteiger partial charge in [-0.3, -0.25) is 0 Å². The molecular formula is C10H10BF3O4. The number of alkyl halides is 3. The van der Waals surface area contributed by atoms with E-state index < -0.39 is 25.1 Å². The molecule has 1 aliphatic heterocycles. The van der Waals surface area contributed by atoms with Crippen LogP contribution in [-0.2, 0) is 15.7 Å². The van der Waals surface area contributed by atoms with Crippen molar-refractivity contribution in [2.45, 2.75) is 12.5 Å². The minimum absolute atomic E-state index is 0.116. The van der Waals surface area contributed by atoms with Gasteiger partial charge in [-0.05, 0) is 11.5 Å². The van der Waals surface area contributed by atoms with Gasteiger partial charge < -0.3 is 19.5 Å². The summed E-state index contributed by atoms with van der Waals surface area (Å²) < 4.78 is 48.1. The summed E-state index contributed by atoms with van der Waals surface area (Å²) in [4.78, 5) is 0. The number of benzene rings is 1. The van der Waals surface area contributed by atoms with Crippen LogP contribution in [0.1, 0.15) is 17.4 Å². The Hall–Kier alpha value is -1.09. The fraction of sp³-hybridized carbons (Fsp3) is 0.400. The largest absolute Gasteiger partial charge is 0.488 e. The average Bonchev–Trinajstić information content (AvgIpc) is 2.80. The molecule has 1 heterocycles. The van der Waals surface area contributed by atoms with E-state index in [1.54, 1.807) is 0 Å². The van der Waals surface area contributed by atoms with Crippen LogP contribution < -0.4 is 5.46 Å². The van der Waals surface area contributed by atoms with Crippen LogP contribution >= 0.6 is 0 Å². The Labute approximate surface area is 101 Å². The summed E-state index contributed by atoms with van der Waals surface area (Å²) in [6, 6.07) is 2.78. The van der Waals surface area contributed by atoms with E-state index in [0.717, 1.165) is 6.07 Å². The fourth-order valence-electron chi connectivity index (χ4n) is 1.68. The number of ether oxygens (including phenoxy) is 2. The Balaban J connectivity index is 2.42. The van der Waals surface area contributed by atoms with Crippen LogP contribution in [0.25, 0.3) is 0 Å². The standard InChI is InChI=1S/C10H10BF3O4/c12-10(13,14)7-3-6(9-17-1-2-18-9)4-8(5-7)11(15)16/h3-5,9,15-16H,1-2H2. The number of halogens is 3. The van der Waals surface area contributed by atoms with Gasteiger partial charge in [-0.15, -0.1) is 0 Å². The van der Waals surface area contributed by atoms with Crippen molar-refractivity contribution in [1.82, 2.24) is 0 Å². The molecule has 1 aromatic rings. The normalized spacial score (nSPS) is 17.2. The third-order valence-electron chi connectivity index (χ3n) is 2.50. The van der Waals surface area contributed by atoms with Crippen LogP contribution in [0.4, 0.5) is 13.2 Å². The zero-order valence-electron chi connectivity index (χ0n) is 9.15. The van der Waals surface area contributed by atoms with Crippen molar-refractivity contribution in [3.8, 4) is 0 Å². The summed E-state index contributed by atoms with van der Waals surface area (Å²) in [5, 5.41) is 18.0. The van der Waals surface area contributed by atoms with Crippen LogP contribution in [0.2, 0.25) is 0 Å². The molecule has 0 aliphatic carbocycles. The Morgan fingerprint density at radius 2 is 1.72 bits per heavy atom. The van der Waals surface area contributed by atoms with E-state index in [1.807, 2.05) is 0 Å². The average molecular weight is 262 g/mol. The Kier molecular flexibility index (Phi) is 3.62. The highest BCUT2D eigenvalue weighted by molar-refractivity contribution is 6.58. The van der Waals surface area contributed by atoms with Crippen molar-refractivity contribution < 1.29 is 32.7 Å². The second-order valence-corrected chi connectivity index (χ2v) is 3.83. The first-order chi connectivity index (χ1) is 8.38. The van der Waals surface area contributed by atoms with Gasteiger partial charge in [0.2, 0.25) is 0 Å². The molecule has 0 unspecified atom stereocenters. The third kappa shape index (κ3) is 2.84. The SMILES string of the molecule is OB(O)c1cc(C2OCCO2)cc(C(F)(F)F)c1. The zero-order chi connectivity index (χ0) is 13.3. The Morgan fingerprint density at radius 1 is 1.11 bits per heavy atom. The lowest BCUT2D eigenvalue weighted by Crippen LogP contribution is -2.31. The highest BCUT2D eigenvalue weighted by Gasteiger charge is 2.33. The summed E-state index contributed by atoms with van der Waals surface area (Å²) in [5.74, 6) is 0. The van der Waals surface area contributed by atoms with Gasteiger partial charge in [0, 0.05) is 5.56 Å². The molecule has 8 heteroatoms. The van der Waals surface area contributed by atoms with E-state index in [9.17, 15) is 13.2 Å². The van der Waals surface area contributed by atoms with E-state index in [4.69, 9.17) is 19.5 Å². The van der Waals surface area contributed by atoms with E-state index in [0.29, 0.717) is 6.07 Å². The lowest BCUT2D eigenvalue weighted by atomic mass is 9.78. The van der Waals surface area contributed by atoms with Crippen molar-refractivity contribution in [3.63, 3.8) is 0 Å². The molecular weight excluding hydrogens is 252 g/mol. The van der Waals surface area contributed by atoms with Gasteiger partial charge in [0.1, 0.15) is 0 Å². The van der Waals surface area contributed by atoms with Gasteiger partial charge in [0.15, 0.2) is 6.29 Å². The molecule has 18 heavy (non-hydrogen) atoms. The van der Waals surface area contributed by atoms with Crippen molar-refractivity contribution >= 4 is 12.6 Å². The van der Waals surface area contributed by atoms with Gasteiger partial charge in [-0.25, -0.2) is 0 Å². The molecule has 4 nitrogen and oxygen atoms in total. The minimum Gasteiger partial charge on any atom is -0.423 e. The van der Waals surface area contributed by atoms with E-state index >= 15 is 0 Å². The topological polar surface area (TPSA) is 58.9 Å². The molecule has 98 valence electrons. The maximum Gasteiger partial charge on any atom is 0.488 e. The first-order valence-electron chi connectivity index (χ1n) is 5.19. The van der Waals surface area contributed by atoms with Crippen LogP contribution in [0.5, 0.6) is 0 Å². The molecule has 0 spiro atoms. The minimum atomic E-state index is -4.57. The zero-order valence-corrected chi connectivity index (χ0v) is 9.15. The molecule has 0 radical (unpaired) electrons. The molecule has 0 atom stereocenters.